The maximum atomic E-state index is 6.01. The van der Waals surface area contributed by atoms with E-state index in [1.165, 1.54) is 16.8 Å². The van der Waals surface area contributed by atoms with E-state index in [0.29, 0.717) is 0 Å². The quantitative estimate of drug-likeness (QED) is 0.897. The molecule has 3 nitrogen and oxygen atoms in total. The molecule has 0 saturated heterocycles. The molecule has 0 saturated carbocycles. The first-order valence-corrected chi connectivity index (χ1v) is 6.48. The number of para-hydroxylation sites is 1. The van der Waals surface area contributed by atoms with Gasteiger partial charge in [0.1, 0.15) is 0 Å². The van der Waals surface area contributed by atoms with Crippen LogP contribution in [0.2, 0.25) is 0 Å². The van der Waals surface area contributed by atoms with Crippen molar-refractivity contribution in [1.82, 2.24) is 9.78 Å². The lowest BCUT2D eigenvalue weighted by Crippen LogP contribution is -2.21. The molecule has 2 N–H and O–H groups in total. The Morgan fingerprint density at radius 2 is 2.00 bits per heavy atom. The summed E-state index contributed by atoms with van der Waals surface area (Å²) in [7, 11) is 0. The van der Waals surface area contributed by atoms with Crippen molar-refractivity contribution in [3.05, 3.63) is 47.3 Å². The molecule has 3 heteroatoms. The van der Waals surface area contributed by atoms with E-state index in [2.05, 4.69) is 38.0 Å². The standard InChI is InChI=1S/C15H21N3/c1-4-14(16)9-13-10-17-18(12(13)3)15-8-6-5-7-11(15)2/h5-8,10,14H,4,9,16H2,1-3H3. The van der Waals surface area contributed by atoms with Gasteiger partial charge in [-0.25, -0.2) is 4.68 Å². The minimum atomic E-state index is 0.221. The number of nitrogens with zero attached hydrogens (tertiary/aromatic N) is 2. The summed E-state index contributed by atoms with van der Waals surface area (Å²) in [6.07, 6.45) is 3.83. The number of aryl methyl sites for hydroxylation is 1. The van der Waals surface area contributed by atoms with Gasteiger partial charge in [0.2, 0.25) is 0 Å². The normalized spacial score (nSPS) is 12.7. The third-order valence-electron chi connectivity index (χ3n) is 3.46. The Labute approximate surface area is 109 Å². The molecule has 0 bridgehead atoms. The largest absolute Gasteiger partial charge is 0.327 e. The molecular weight excluding hydrogens is 222 g/mol. The van der Waals surface area contributed by atoms with Crippen molar-refractivity contribution in [1.29, 1.82) is 0 Å². The molecule has 0 fully saturated rings. The van der Waals surface area contributed by atoms with Crippen molar-refractivity contribution in [2.45, 2.75) is 39.7 Å². The molecule has 0 aliphatic heterocycles. The molecule has 1 unspecified atom stereocenters. The Kier molecular flexibility index (Phi) is 3.82. The van der Waals surface area contributed by atoms with Crippen LogP contribution < -0.4 is 5.73 Å². The molecule has 0 spiro atoms. The maximum Gasteiger partial charge on any atom is 0.0677 e. The van der Waals surface area contributed by atoms with Crippen molar-refractivity contribution in [3.8, 4) is 5.69 Å². The summed E-state index contributed by atoms with van der Waals surface area (Å²) >= 11 is 0. The first-order chi connectivity index (χ1) is 8.63. The molecule has 0 aliphatic rings. The molecule has 1 heterocycles. The van der Waals surface area contributed by atoms with Gasteiger partial charge in [-0.15, -0.1) is 0 Å². The maximum absolute atomic E-state index is 6.01. The van der Waals surface area contributed by atoms with Crippen LogP contribution in [0.25, 0.3) is 5.69 Å². The highest BCUT2D eigenvalue weighted by atomic mass is 15.3. The molecule has 1 aromatic heterocycles. The second-order valence-corrected chi connectivity index (χ2v) is 4.83. The molecule has 2 aromatic rings. The van der Waals surface area contributed by atoms with E-state index in [1.54, 1.807) is 0 Å². The average Bonchev–Trinajstić information content (AvgIpc) is 2.72. The van der Waals surface area contributed by atoms with Crippen molar-refractivity contribution < 1.29 is 0 Å². The lowest BCUT2D eigenvalue weighted by molar-refractivity contribution is 0.644. The van der Waals surface area contributed by atoms with Crippen LogP contribution in [0.4, 0.5) is 0 Å². The van der Waals surface area contributed by atoms with Crippen molar-refractivity contribution in [2.24, 2.45) is 5.73 Å². The van der Waals surface area contributed by atoms with E-state index in [-0.39, 0.29) is 6.04 Å². The van der Waals surface area contributed by atoms with Crippen LogP contribution in [0.15, 0.2) is 30.5 Å². The summed E-state index contributed by atoms with van der Waals surface area (Å²) in [6.45, 7) is 6.33. The van der Waals surface area contributed by atoms with Crippen LogP contribution in [0.1, 0.15) is 30.2 Å². The van der Waals surface area contributed by atoms with Crippen LogP contribution >= 0.6 is 0 Å². The van der Waals surface area contributed by atoms with Gasteiger partial charge in [-0.1, -0.05) is 25.1 Å². The molecule has 1 aromatic carbocycles. The molecule has 2 rings (SSSR count). The molecule has 1 atom stereocenters. The first-order valence-electron chi connectivity index (χ1n) is 6.48. The smallest absolute Gasteiger partial charge is 0.0677 e. The Morgan fingerprint density at radius 1 is 1.28 bits per heavy atom. The van der Waals surface area contributed by atoms with Crippen molar-refractivity contribution in [3.63, 3.8) is 0 Å². The number of nitrogens with two attached hydrogens (primary N) is 1. The number of hydrogen-bond donors (Lipinski definition) is 1. The predicted octanol–water partition coefficient (Wildman–Crippen LogP) is 2.77. The Balaban J connectivity index is 2.34. The monoisotopic (exact) mass is 243 g/mol. The highest BCUT2D eigenvalue weighted by molar-refractivity contribution is 5.41. The first kappa shape index (κ1) is 12.8. The molecule has 0 radical (unpaired) electrons. The zero-order valence-electron chi connectivity index (χ0n) is 11.4. The van der Waals surface area contributed by atoms with E-state index in [1.807, 2.05) is 23.0 Å². The second kappa shape index (κ2) is 5.36. The summed E-state index contributed by atoms with van der Waals surface area (Å²) in [6, 6.07) is 8.51. The fourth-order valence-corrected chi connectivity index (χ4v) is 2.11. The second-order valence-electron chi connectivity index (χ2n) is 4.83. The van der Waals surface area contributed by atoms with Crippen molar-refractivity contribution in [2.75, 3.05) is 0 Å². The van der Waals surface area contributed by atoms with Crippen LogP contribution in [0, 0.1) is 13.8 Å². The summed E-state index contributed by atoms with van der Waals surface area (Å²) in [5.74, 6) is 0. The Morgan fingerprint density at radius 3 is 2.67 bits per heavy atom. The zero-order valence-corrected chi connectivity index (χ0v) is 11.4. The van der Waals surface area contributed by atoms with Gasteiger partial charge in [-0.2, -0.15) is 5.10 Å². The molecule has 0 amide bonds. The van der Waals surface area contributed by atoms with Gasteiger partial charge in [0.15, 0.2) is 0 Å². The minimum absolute atomic E-state index is 0.221. The van der Waals surface area contributed by atoms with Gasteiger partial charge in [-0.3, -0.25) is 0 Å². The molecule has 96 valence electrons. The van der Waals surface area contributed by atoms with Crippen LogP contribution in [0.3, 0.4) is 0 Å². The van der Waals surface area contributed by atoms with Crippen molar-refractivity contribution >= 4 is 0 Å². The van der Waals surface area contributed by atoms with E-state index in [4.69, 9.17) is 5.73 Å². The molecular formula is C15H21N3. The van der Waals surface area contributed by atoms with Gasteiger partial charge >= 0.3 is 0 Å². The van der Waals surface area contributed by atoms with Gasteiger partial charge in [0.25, 0.3) is 0 Å². The van der Waals surface area contributed by atoms with Gasteiger partial charge in [-0.05, 0) is 43.9 Å². The summed E-state index contributed by atoms with van der Waals surface area (Å²) < 4.78 is 2.01. The van der Waals surface area contributed by atoms with E-state index in [0.717, 1.165) is 18.5 Å². The SMILES string of the molecule is CCC(N)Cc1cnn(-c2ccccc2C)c1C. The number of rotatable bonds is 4. The third-order valence-corrected chi connectivity index (χ3v) is 3.46. The van der Waals surface area contributed by atoms with Gasteiger partial charge in [0, 0.05) is 11.7 Å². The summed E-state index contributed by atoms with van der Waals surface area (Å²) in [5, 5.41) is 4.50. The van der Waals surface area contributed by atoms with Gasteiger partial charge < -0.3 is 5.73 Å². The fraction of sp³-hybridized carbons (Fsp3) is 0.400. The highest BCUT2D eigenvalue weighted by Crippen LogP contribution is 2.18. The van der Waals surface area contributed by atoms with Crippen LogP contribution in [0.5, 0.6) is 0 Å². The summed E-state index contributed by atoms with van der Waals surface area (Å²) in [5.41, 5.74) is 10.8. The van der Waals surface area contributed by atoms with E-state index < -0.39 is 0 Å². The lowest BCUT2D eigenvalue weighted by atomic mass is 10.1. The summed E-state index contributed by atoms with van der Waals surface area (Å²) in [4.78, 5) is 0. The van der Waals surface area contributed by atoms with Crippen LogP contribution in [-0.2, 0) is 6.42 Å². The van der Waals surface area contributed by atoms with E-state index >= 15 is 0 Å². The van der Waals surface area contributed by atoms with E-state index in [9.17, 15) is 0 Å². The van der Waals surface area contributed by atoms with Crippen LogP contribution in [-0.4, -0.2) is 15.8 Å². The Bertz CT molecular complexity index is 528. The topological polar surface area (TPSA) is 43.8 Å². The third kappa shape index (κ3) is 2.46. The van der Waals surface area contributed by atoms with Gasteiger partial charge in [0.05, 0.1) is 11.9 Å². The highest BCUT2D eigenvalue weighted by Gasteiger charge is 2.11. The minimum Gasteiger partial charge on any atom is -0.327 e. The fourth-order valence-electron chi connectivity index (χ4n) is 2.11. The lowest BCUT2D eigenvalue weighted by Gasteiger charge is -2.10. The Hall–Kier alpha value is -1.61. The average molecular weight is 243 g/mol. The zero-order chi connectivity index (χ0) is 13.1. The molecule has 0 aliphatic carbocycles. The number of benzene rings is 1. The number of aromatic nitrogens is 2. The number of hydrogen-bond acceptors (Lipinski definition) is 2. The molecule has 18 heavy (non-hydrogen) atoms. The predicted molar refractivity (Wildman–Crippen MR) is 75.0 cm³/mol.